The molecular weight excluding hydrogens is 282 g/mol. The van der Waals surface area contributed by atoms with Crippen molar-refractivity contribution in [3.8, 4) is 0 Å². The number of aliphatic carboxylic acids is 1. The number of hydrogen-bond donors (Lipinski definition) is 2. The Labute approximate surface area is 99.4 Å². The number of rotatable bonds is 4. The summed E-state index contributed by atoms with van der Waals surface area (Å²) in [7, 11) is 0. The van der Waals surface area contributed by atoms with Gasteiger partial charge in [0.05, 0.1) is 16.2 Å². The second kappa shape index (κ2) is 5.27. The van der Waals surface area contributed by atoms with Gasteiger partial charge >= 0.3 is 5.97 Å². The fourth-order valence-corrected chi connectivity index (χ4v) is 2.63. The standard InChI is InChI=1S/C9H10BrNO3S/c1-5(12)11-6(4-9(13)14)7-2-3-8(10)15-7/h2-3,6H,4H2,1H3,(H,11,12)(H,13,14)/t6-/m1/s1. The highest BCUT2D eigenvalue weighted by atomic mass is 79.9. The number of thiophene rings is 1. The topological polar surface area (TPSA) is 66.4 Å². The predicted molar refractivity (Wildman–Crippen MR) is 60.8 cm³/mol. The summed E-state index contributed by atoms with van der Waals surface area (Å²) in [6.45, 7) is 1.37. The largest absolute Gasteiger partial charge is 0.481 e. The van der Waals surface area contributed by atoms with Crippen molar-refractivity contribution in [2.24, 2.45) is 0 Å². The Morgan fingerprint density at radius 2 is 2.27 bits per heavy atom. The van der Waals surface area contributed by atoms with E-state index in [-0.39, 0.29) is 12.3 Å². The summed E-state index contributed by atoms with van der Waals surface area (Å²) < 4.78 is 0.915. The highest BCUT2D eigenvalue weighted by Crippen LogP contribution is 2.28. The number of carbonyl (C=O) groups is 2. The van der Waals surface area contributed by atoms with Crippen LogP contribution >= 0.6 is 27.3 Å². The molecule has 1 aromatic rings. The molecule has 4 nitrogen and oxygen atoms in total. The minimum atomic E-state index is -0.932. The molecule has 1 aromatic heterocycles. The summed E-state index contributed by atoms with van der Waals surface area (Å²) in [5.74, 6) is -1.16. The number of amides is 1. The summed E-state index contributed by atoms with van der Waals surface area (Å²) in [6, 6.07) is 3.19. The molecule has 0 spiro atoms. The van der Waals surface area contributed by atoms with Crippen LogP contribution in [0.15, 0.2) is 15.9 Å². The van der Waals surface area contributed by atoms with Gasteiger partial charge in [-0.25, -0.2) is 0 Å². The Kier molecular flexibility index (Phi) is 4.28. The predicted octanol–water partition coefficient (Wildman–Crippen LogP) is 2.16. The first-order valence-corrected chi connectivity index (χ1v) is 5.84. The molecule has 0 aliphatic heterocycles. The van der Waals surface area contributed by atoms with Crippen LogP contribution in [-0.2, 0) is 9.59 Å². The molecule has 0 aliphatic carbocycles. The number of nitrogens with one attached hydrogen (secondary N) is 1. The van der Waals surface area contributed by atoms with Crippen molar-refractivity contribution in [3.63, 3.8) is 0 Å². The maximum Gasteiger partial charge on any atom is 0.305 e. The molecular formula is C9H10BrNO3S. The number of hydrogen-bond acceptors (Lipinski definition) is 3. The van der Waals surface area contributed by atoms with Gasteiger partial charge in [-0.05, 0) is 28.1 Å². The van der Waals surface area contributed by atoms with E-state index in [0.29, 0.717) is 0 Å². The highest BCUT2D eigenvalue weighted by Gasteiger charge is 2.17. The van der Waals surface area contributed by atoms with Crippen LogP contribution in [0.3, 0.4) is 0 Å². The van der Waals surface area contributed by atoms with Gasteiger partial charge in [0.15, 0.2) is 0 Å². The minimum Gasteiger partial charge on any atom is -0.481 e. The number of carboxylic acid groups (broad SMARTS) is 1. The number of carbonyl (C=O) groups excluding carboxylic acids is 1. The van der Waals surface area contributed by atoms with Gasteiger partial charge in [0.25, 0.3) is 0 Å². The lowest BCUT2D eigenvalue weighted by Gasteiger charge is -2.13. The molecule has 0 unspecified atom stereocenters. The van der Waals surface area contributed by atoms with Crippen LogP contribution in [0.4, 0.5) is 0 Å². The zero-order chi connectivity index (χ0) is 11.4. The SMILES string of the molecule is CC(=O)N[C@H](CC(=O)O)c1ccc(Br)s1. The van der Waals surface area contributed by atoms with E-state index in [1.54, 1.807) is 6.07 Å². The van der Waals surface area contributed by atoms with Gasteiger partial charge < -0.3 is 10.4 Å². The summed E-state index contributed by atoms with van der Waals surface area (Å²) in [4.78, 5) is 22.4. The number of carboxylic acids is 1. The Balaban J connectivity index is 2.80. The van der Waals surface area contributed by atoms with Crippen molar-refractivity contribution in [1.82, 2.24) is 5.32 Å². The zero-order valence-corrected chi connectivity index (χ0v) is 10.4. The Hall–Kier alpha value is -0.880. The molecule has 0 radical (unpaired) electrons. The second-order valence-corrected chi connectivity index (χ2v) is 5.49. The van der Waals surface area contributed by atoms with E-state index in [1.165, 1.54) is 18.3 Å². The summed E-state index contributed by atoms with van der Waals surface area (Å²) >= 11 is 4.71. The molecule has 1 heterocycles. The Morgan fingerprint density at radius 1 is 1.60 bits per heavy atom. The van der Waals surface area contributed by atoms with Crippen molar-refractivity contribution in [1.29, 1.82) is 0 Å². The van der Waals surface area contributed by atoms with E-state index >= 15 is 0 Å². The zero-order valence-electron chi connectivity index (χ0n) is 7.99. The second-order valence-electron chi connectivity index (χ2n) is 2.99. The third-order valence-corrected chi connectivity index (χ3v) is 3.43. The smallest absolute Gasteiger partial charge is 0.305 e. The van der Waals surface area contributed by atoms with Crippen LogP contribution in [-0.4, -0.2) is 17.0 Å². The van der Waals surface area contributed by atoms with E-state index in [2.05, 4.69) is 21.2 Å². The van der Waals surface area contributed by atoms with Gasteiger partial charge in [-0.3, -0.25) is 9.59 Å². The van der Waals surface area contributed by atoms with Gasteiger partial charge in [-0.15, -0.1) is 11.3 Å². The normalized spacial score (nSPS) is 12.1. The highest BCUT2D eigenvalue weighted by molar-refractivity contribution is 9.11. The summed E-state index contributed by atoms with van der Waals surface area (Å²) in [6.07, 6.45) is -0.105. The third kappa shape index (κ3) is 4.01. The van der Waals surface area contributed by atoms with Crippen molar-refractivity contribution in [3.05, 3.63) is 20.8 Å². The average molecular weight is 292 g/mol. The molecule has 0 saturated carbocycles. The molecule has 15 heavy (non-hydrogen) atoms. The molecule has 0 aromatic carbocycles. The van der Waals surface area contributed by atoms with Crippen molar-refractivity contribution < 1.29 is 14.7 Å². The van der Waals surface area contributed by atoms with Gasteiger partial charge in [-0.2, -0.15) is 0 Å². The van der Waals surface area contributed by atoms with E-state index in [4.69, 9.17) is 5.11 Å². The lowest BCUT2D eigenvalue weighted by atomic mass is 10.1. The van der Waals surface area contributed by atoms with Gasteiger partial charge in [-0.1, -0.05) is 0 Å². The maximum atomic E-state index is 10.9. The van der Waals surface area contributed by atoms with Crippen molar-refractivity contribution >= 4 is 39.1 Å². The van der Waals surface area contributed by atoms with Crippen LogP contribution in [0.5, 0.6) is 0 Å². The summed E-state index contributed by atoms with van der Waals surface area (Å²) in [5, 5.41) is 11.3. The van der Waals surface area contributed by atoms with Crippen LogP contribution in [0.1, 0.15) is 24.3 Å². The lowest BCUT2D eigenvalue weighted by Crippen LogP contribution is -2.27. The van der Waals surface area contributed by atoms with E-state index in [0.717, 1.165) is 8.66 Å². The van der Waals surface area contributed by atoms with Gasteiger partial charge in [0, 0.05) is 11.8 Å². The van der Waals surface area contributed by atoms with Crippen molar-refractivity contribution in [2.75, 3.05) is 0 Å². The Morgan fingerprint density at radius 3 is 2.67 bits per heavy atom. The minimum absolute atomic E-state index is 0.105. The lowest BCUT2D eigenvalue weighted by molar-refractivity contribution is -0.137. The van der Waals surface area contributed by atoms with E-state index in [9.17, 15) is 9.59 Å². The summed E-state index contributed by atoms with van der Waals surface area (Å²) in [5.41, 5.74) is 0. The van der Waals surface area contributed by atoms with Crippen molar-refractivity contribution in [2.45, 2.75) is 19.4 Å². The molecule has 0 fully saturated rings. The monoisotopic (exact) mass is 291 g/mol. The van der Waals surface area contributed by atoms with Gasteiger partial charge in [0.1, 0.15) is 0 Å². The quantitative estimate of drug-likeness (QED) is 0.893. The third-order valence-electron chi connectivity index (χ3n) is 1.69. The van der Waals surface area contributed by atoms with Crippen LogP contribution in [0.2, 0.25) is 0 Å². The fraction of sp³-hybridized carbons (Fsp3) is 0.333. The van der Waals surface area contributed by atoms with E-state index < -0.39 is 12.0 Å². The first-order chi connectivity index (χ1) is 6.99. The van der Waals surface area contributed by atoms with Gasteiger partial charge in [0.2, 0.25) is 5.91 Å². The molecule has 0 saturated heterocycles. The van der Waals surface area contributed by atoms with Crippen LogP contribution in [0, 0.1) is 0 Å². The number of halogens is 1. The fourth-order valence-electron chi connectivity index (χ4n) is 1.16. The first-order valence-electron chi connectivity index (χ1n) is 4.23. The molecule has 1 atom stereocenters. The molecule has 2 N–H and O–H groups in total. The average Bonchev–Trinajstić information content (AvgIpc) is 2.48. The molecule has 1 rings (SSSR count). The molecule has 0 aliphatic rings. The first kappa shape index (κ1) is 12.2. The Bertz CT molecular complexity index is 361. The molecule has 82 valence electrons. The van der Waals surface area contributed by atoms with Crippen LogP contribution < -0.4 is 5.32 Å². The van der Waals surface area contributed by atoms with E-state index in [1.807, 2.05) is 6.07 Å². The maximum absolute atomic E-state index is 10.9. The van der Waals surface area contributed by atoms with Crippen LogP contribution in [0.25, 0.3) is 0 Å². The molecule has 6 heteroatoms. The molecule has 1 amide bonds. The molecule has 0 bridgehead atoms.